The maximum absolute atomic E-state index is 12.1. The van der Waals surface area contributed by atoms with Gasteiger partial charge in [-0.1, -0.05) is 0 Å². The van der Waals surface area contributed by atoms with E-state index in [1.807, 2.05) is 37.5 Å². The van der Waals surface area contributed by atoms with Gasteiger partial charge in [-0.15, -0.1) is 0 Å². The summed E-state index contributed by atoms with van der Waals surface area (Å²) in [6, 6.07) is 7.53. The molecule has 1 amide bonds. The molecule has 2 aromatic heterocycles. The number of nitrogens with one attached hydrogen (secondary N) is 3. The summed E-state index contributed by atoms with van der Waals surface area (Å²) in [5.74, 6) is 0.733. The monoisotopic (exact) mass is 301 g/mol. The van der Waals surface area contributed by atoms with Crippen molar-refractivity contribution in [2.24, 2.45) is 7.05 Å². The number of H-pyrrole nitrogens is 2. The van der Waals surface area contributed by atoms with E-state index in [1.54, 1.807) is 4.57 Å². The Bertz CT molecular complexity index is 844. The lowest BCUT2D eigenvalue weighted by Crippen LogP contribution is -2.26. The highest BCUT2D eigenvalue weighted by Crippen LogP contribution is 2.14. The predicted molar refractivity (Wildman–Crippen MR) is 82.7 cm³/mol. The quantitative estimate of drug-likeness (QED) is 0.644. The van der Waals surface area contributed by atoms with Crippen LogP contribution in [-0.4, -0.2) is 32.2 Å². The summed E-state index contributed by atoms with van der Waals surface area (Å²) in [4.78, 5) is 15.2. The predicted octanol–water partition coefficient (Wildman–Crippen LogP) is 1.93. The van der Waals surface area contributed by atoms with Crippen LogP contribution >= 0.6 is 12.2 Å². The summed E-state index contributed by atoms with van der Waals surface area (Å²) >= 11 is 5.04. The summed E-state index contributed by atoms with van der Waals surface area (Å²) in [5, 5.41) is 10.7. The Hall–Kier alpha value is -2.41. The van der Waals surface area contributed by atoms with Gasteiger partial charge in [0.1, 0.15) is 5.82 Å². The van der Waals surface area contributed by atoms with Gasteiger partial charge in [-0.3, -0.25) is 9.89 Å². The molecule has 0 saturated heterocycles. The molecule has 21 heavy (non-hydrogen) atoms. The molecule has 0 saturated carbocycles. The second kappa shape index (κ2) is 5.53. The van der Waals surface area contributed by atoms with Gasteiger partial charge >= 0.3 is 0 Å². The number of fused-ring (bicyclic) bond motifs is 1. The van der Waals surface area contributed by atoms with Crippen molar-refractivity contribution in [1.29, 1.82) is 0 Å². The van der Waals surface area contributed by atoms with Gasteiger partial charge in [-0.2, -0.15) is 5.10 Å². The number of hydrogen-bond acceptors (Lipinski definition) is 3. The Morgan fingerprint density at radius 3 is 3.05 bits per heavy atom. The van der Waals surface area contributed by atoms with Gasteiger partial charge in [0.2, 0.25) is 0 Å². The average molecular weight is 301 g/mol. The summed E-state index contributed by atoms with van der Waals surface area (Å²) in [5.41, 5.74) is 1.67. The molecule has 2 heterocycles. The van der Waals surface area contributed by atoms with Crippen molar-refractivity contribution in [3.05, 3.63) is 46.6 Å². The molecule has 108 valence electrons. The van der Waals surface area contributed by atoms with Gasteiger partial charge in [-0.05, 0) is 36.5 Å². The van der Waals surface area contributed by atoms with E-state index in [1.165, 1.54) is 0 Å². The summed E-state index contributed by atoms with van der Waals surface area (Å²) in [7, 11) is 1.85. The topological polar surface area (TPSA) is 78.5 Å². The van der Waals surface area contributed by atoms with Crippen molar-refractivity contribution in [2.45, 2.75) is 6.42 Å². The van der Waals surface area contributed by atoms with E-state index in [0.717, 1.165) is 16.7 Å². The second-order valence-corrected chi connectivity index (χ2v) is 5.18. The van der Waals surface area contributed by atoms with E-state index < -0.39 is 0 Å². The van der Waals surface area contributed by atoms with Crippen molar-refractivity contribution in [2.75, 3.05) is 6.54 Å². The maximum atomic E-state index is 12.1. The van der Waals surface area contributed by atoms with Crippen LogP contribution in [0, 0.1) is 4.77 Å². The first-order valence-corrected chi connectivity index (χ1v) is 7.01. The fourth-order valence-corrected chi connectivity index (χ4v) is 2.34. The summed E-state index contributed by atoms with van der Waals surface area (Å²) in [6.45, 7) is 0.511. The Balaban J connectivity index is 1.63. The molecule has 0 bridgehead atoms. The first kappa shape index (κ1) is 13.6. The number of aromatic amines is 2. The van der Waals surface area contributed by atoms with Crippen LogP contribution in [0.5, 0.6) is 0 Å². The molecule has 0 unspecified atom stereocenters. The molecule has 0 fully saturated rings. The van der Waals surface area contributed by atoms with Crippen molar-refractivity contribution in [1.82, 2.24) is 25.1 Å². The lowest BCUT2D eigenvalue weighted by atomic mass is 10.1. The standard InChI is InChI=1S/C14H15N5OS/c1-19-12(17-18-14(19)21)5-7-16-13(20)10-2-3-11-9(8-10)4-6-15-11/h2-4,6,8,15H,5,7H2,1H3,(H,16,20)(H,18,21). The van der Waals surface area contributed by atoms with E-state index in [9.17, 15) is 4.79 Å². The molecule has 6 nitrogen and oxygen atoms in total. The molecule has 3 rings (SSSR count). The smallest absolute Gasteiger partial charge is 0.251 e. The summed E-state index contributed by atoms with van der Waals surface area (Å²) in [6.07, 6.45) is 2.48. The number of benzene rings is 1. The van der Waals surface area contributed by atoms with Crippen LogP contribution in [0.1, 0.15) is 16.2 Å². The number of hydrogen-bond donors (Lipinski definition) is 3. The highest BCUT2D eigenvalue weighted by molar-refractivity contribution is 7.71. The van der Waals surface area contributed by atoms with Crippen molar-refractivity contribution in [3.8, 4) is 0 Å². The van der Waals surface area contributed by atoms with E-state index in [0.29, 0.717) is 23.3 Å². The summed E-state index contributed by atoms with van der Waals surface area (Å²) < 4.78 is 2.38. The minimum Gasteiger partial charge on any atom is -0.361 e. The zero-order valence-electron chi connectivity index (χ0n) is 11.5. The van der Waals surface area contributed by atoms with Crippen LogP contribution < -0.4 is 5.32 Å². The zero-order chi connectivity index (χ0) is 14.8. The van der Waals surface area contributed by atoms with Crippen LogP contribution in [0.3, 0.4) is 0 Å². The molecule has 3 aromatic rings. The first-order valence-electron chi connectivity index (χ1n) is 6.61. The van der Waals surface area contributed by atoms with E-state index in [2.05, 4.69) is 20.5 Å². The molecule has 0 radical (unpaired) electrons. The lowest BCUT2D eigenvalue weighted by molar-refractivity contribution is 0.0954. The average Bonchev–Trinajstić information content (AvgIpc) is 3.07. The van der Waals surface area contributed by atoms with E-state index >= 15 is 0 Å². The minimum atomic E-state index is -0.0881. The van der Waals surface area contributed by atoms with Crippen LogP contribution in [0.15, 0.2) is 30.5 Å². The SMILES string of the molecule is Cn1c(CCNC(=O)c2ccc3[nH]ccc3c2)n[nH]c1=S. The molecule has 0 atom stereocenters. The van der Waals surface area contributed by atoms with Crippen LogP contribution in [0.2, 0.25) is 0 Å². The Labute approximate surface area is 126 Å². The van der Waals surface area contributed by atoms with Crippen molar-refractivity contribution in [3.63, 3.8) is 0 Å². The second-order valence-electron chi connectivity index (χ2n) is 4.79. The molecule has 0 aliphatic rings. The molecular weight excluding hydrogens is 286 g/mol. The molecule has 3 N–H and O–H groups in total. The number of nitrogens with zero attached hydrogens (tertiary/aromatic N) is 2. The number of carbonyl (C=O) groups is 1. The number of aromatic nitrogens is 4. The fraction of sp³-hybridized carbons (Fsp3) is 0.214. The third-order valence-corrected chi connectivity index (χ3v) is 3.79. The van der Waals surface area contributed by atoms with Gasteiger partial charge in [0.05, 0.1) is 0 Å². The van der Waals surface area contributed by atoms with Gasteiger partial charge < -0.3 is 14.9 Å². The van der Waals surface area contributed by atoms with Crippen molar-refractivity contribution < 1.29 is 4.79 Å². The van der Waals surface area contributed by atoms with Gasteiger partial charge in [0.25, 0.3) is 5.91 Å². The molecule has 7 heteroatoms. The normalized spacial score (nSPS) is 10.9. The highest BCUT2D eigenvalue weighted by Gasteiger charge is 2.07. The fourth-order valence-electron chi connectivity index (χ4n) is 2.19. The molecular formula is C14H15N5OS. The first-order chi connectivity index (χ1) is 10.1. The number of rotatable bonds is 4. The number of carbonyl (C=O) groups excluding carboxylic acids is 1. The highest BCUT2D eigenvalue weighted by atomic mass is 32.1. The largest absolute Gasteiger partial charge is 0.361 e. The Kier molecular flexibility index (Phi) is 3.57. The Morgan fingerprint density at radius 1 is 1.43 bits per heavy atom. The van der Waals surface area contributed by atoms with Gasteiger partial charge in [0.15, 0.2) is 4.77 Å². The van der Waals surface area contributed by atoms with Crippen LogP contribution in [-0.2, 0) is 13.5 Å². The number of amides is 1. The van der Waals surface area contributed by atoms with Crippen molar-refractivity contribution >= 4 is 29.0 Å². The van der Waals surface area contributed by atoms with Gasteiger partial charge in [0, 0.05) is 42.7 Å². The van der Waals surface area contributed by atoms with E-state index in [4.69, 9.17) is 12.2 Å². The molecule has 0 aliphatic heterocycles. The lowest BCUT2D eigenvalue weighted by Gasteiger charge is -2.05. The minimum absolute atomic E-state index is 0.0881. The maximum Gasteiger partial charge on any atom is 0.251 e. The van der Waals surface area contributed by atoms with E-state index in [-0.39, 0.29) is 5.91 Å². The third kappa shape index (κ3) is 2.73. The molecule has 0 aliphatic carbocycles. The van der Waals surface area contributed by atoms with Crippen LogP contribution in [0.25, 0.3) is 10.9 Å². The molecule has 0 spiro atoms. The van der Waals surface area contributed by atoms with Gasteiger partial charge in [-0.25, -0.2) is 0 Å². The molecule has 1 aromatic carbocycles. The Morgan fingerprint density at radius 2 is 2.29 bits per heavy atom. The zero-order valence-corrected chi connectivity index (χ0v) is 12.3. The van der Waals surface area contributed by atoms with Crippen LogP contribution in [0.4, 0.5) is 0 Å². The third-order valence-electron chi connectivity index (χ3n) is 3.42.